The molecular formula is C58H104FN2NaO20. The van der Waals surface area contributed by atoms with Gasteiger partial charge in [0, 0.05) is 12.8 Å². The molecule has 0 bridgehead atoms. The number of allylic oxidation sites excluding steroid dienone is 1. The standard InChI is InChI=1S/C58H105FN2O20.Na/c1-4-6-8-10-12-14-16-18-20-22-24-26-28-30-39(66)38(61-44(69)31-29-27-25-23-21-19-17-15-13-11-9-7-5-2)36-77-55-51(74)50(73)52(43(35-64)79-55)80-56-49(72)45(48(71)42(34-63)78-56)54(59)58(57(75)76)32-40(67)46(60-37(3)65)53(81-58)47(70)41(68)33-62;/h28,30,38-43,45-56,62-64,66-68,70-74H,4-27,29,31-36H2,1-3H3,(H,60,65)(H,61,69)(H,75,76);/q;+1/p-1/b30-28+;/t38-,39-,40+,41-,42-,43-,45+,46-,47-,48+,49-,50-,51-,52-,53-,54-,55-,56+,58+;/m1./s1. The maximum absolute atomic E-state index is 17.3. The zero-order valence-electron chi connectivity index (χ0n) is 49.4. The summed E-state index contributed by atoms with van der Waals surface area (Å²) in [6.07, 6.45) is -0.157. The number of hydrogen-bond donors (Lipinski definition) is 13. The van der Waals surface area contributed by atoms with Crippen molar-refractivity contribution in [3.63, 3.8) is 0 Å². The van der Waals surface area contributed by atoms with E-state index in [0.717, 1.165) is 51.9 Å². The number of aliphatic imine (C=N–C) groups is 1. The predicted molar refractivity (Wildman–Crippen MR) is 295 cm³/mol. The maximum Gasteiger partial charge on any atom is 1.00 e. The second kappa shape index (κ2) is 42.3. The average Bonchev–Trinajstić information content (AvgIpc) is 3.62. The molecule has 0 aromatic heterocycles. The number of carboxylic acid groups (broad SMARTS) is 1. The number of rotatable bonds is 43. The second-order valence-corrected chi connectivity index (χ2v) is 22.7. The Balaban J connectivity index is 0.0000230. The molecule has 3 saturated heterocycles. The van der Waals surface area contributed by atoms with Crippen molar-refractivity contribution in [2.24, 2.45) is 10.9 Å². The van der Waals surface area contributed by atoms with Gasteiger partial charge in [-0.15, -0.1) is 0 Å². The molecule has 19 atom stereocenters. The van der Waals surface area contributed by atoms with Gasteiger partial charge in [0.25, 0.3) is 0 Å². The van der Waals surface area contributed by atoms with Crippen LogP contribution in [0.5, 0.6) is 0 Å². The zero-order valence-corrected chi connectivity index (χ0v) is 51.4. The molecule has 22 nitrogen and oxygen atoms in total. The van der Waals surface area contributed by atoms with Gasteiger partial charge in [-0.25, -0.2) is 9.18 Å². The van der Waals surface area contributed by atoms with E-state index in [1.807, 2.05) is 6.08 Å². The first kappa shape index (κ1) is 76.5. The Bertz CT molecular complexity index is 1760. The van der Waals surface area contributed by atoms with Crippen molar-refractivity contribution in [3.05, 3.63) is 12.2 Å². The van der Waals surface area contributed by atoms with E-state index < -0.39 is 160 Å². The number of aliphatic hydroxyl groups excluding tert-OH is 11. The van der Waals surface area contributed by atoms with E-state index >= 15 is 4.39 Å². The molecule has 1 amide bonds. The summed E-state index contributed by atoms with van der Waals surface area (Å²) in [7, 11) is 0. The van der Waals surface area contributed by atoms with Crippen LogP contribution in [0.25, 0.3) is 0 Å². The van der Waals surface area contributed by atoms with Gasteiger partial charge in [-0.3, -0.25) is 9.79 Å². The Hall–Kier alpha value is -1.56. The normalized spacial score (nSPS) is 30.8. The number of carbonyl (C=O) groups is 2. The van der Waals surface area contributed by atoms with Gasteiger partial charge >= 0.3 is 35.5 Å². The fourth-order valence-corrected chi connectivity index (χ4v) is 11.1. The van der Waals surface area contributed by atoms with Gasteiger partial charge in [0.2, 0.25) is 5.91 Å². The minimum Gasteiger partial charge on any atom is -0.862 e. The molecule has 474 valence electrons. The average molecular weight is 1190 g/mol. The fraction of sp³-hybridized carbons (Fsp3) is 0.914. The van der Waals surface area contributed by atoms with Crippen LogP contribution in [0.1, 0.15) is 194 Å². The Morgan fingerprint density at radius 3 is 1.71 bits per heavy atom. The van der Waals surface area contributed by atoms with E-state index in [1.165, 1.54) is 103 Å². The molecule has 0 aliphatic carbocycles. The fourth-order valence-electron chi connectivity index (χ4n) is 11.1. The third kappa shape index (κ3) is 24.9. The summed E-state index contributed by atoms with van der Waals surface area (Å²) in [6, 6.07) is -2.86. The molecule has 3 fully saturated rings. The first-order chi connectivity index (χ1) is 38.8. The minimum absolute atomic E-state index is 0. The minimum atomic E-state index is -3.31. The number of unbranched alkanes of at least 4 members (excludes halogenated alkanes) is 23. The molecule has 0 aromatic rings. The van der Waals surface area contributed by atoms with Crippen LogP contribution in [0.4, 0.5) is 4.39 Å². The van der Waals surface area contributed by atoms with Crippen LogP contribution in [0.15, 0.2) is 17.1 Å². The van der Waals surface area contributed by atoms with Crippen molar-refractivity contribution in [1.82, 2.24) is 5.32 Å². The van der Waals surface area contributed by atoms with Crippen LogP contribution in [0.2, 0.25) is 0 Å². The molecule has 0 unspecified atom stereocenters. The van der Waals surface area contributed by atoms with Crippen molar-refractivity contribution >= 4 is 17.8 Å². The second-order valence-electron chi connectivity index (χ2n) is 22.7. The molecule has 3 heterocycles. The number of aliphatic hydroxyl groups is 11. The molecule has 24 heteroatoms. The number of halogens is 1. The third-order valence-electron chi connectivity index (χ3n) is 16.0. The number of carbonyl (C=O) groups excluding carboxylic acids is 1. The molecule has 82 heavy (non-hydrogen) atoms. The van der Waals surface area contributed by atoms with Gasteiger partial charge in [0.15, 0.2) is 18.2 Å². The van der Waals surface area contributed by atoms with Crippen molar-refractivity contribution in [3.8, 4) is 0 Å². The first-order valence-electron chi connectivity index (χ1n) is 30.4. The van der Waals surface area contributed by atoms with Crippen molar-refractivity contribution in [2.75, 3.05) is 26.4 Å². The largest absolute Gasteiger partial charge is 1.00 e. The smallest absolute Gasteiger partial charge is 0.862 e. The Kier molecular flexibility index (Phi) is 39.5. The monoisotopic (exact) mass is 1190 g/mol. The van der Waals surface area contributed by atoms with Crippen LogP contribution >= 0.6 is 0 Å². The molecule has 13 N–H and O–H groups in total. The predicted octanol–water partition coefficient (Wildman–Crippen LogP) is -0.357. The number of nitrogens with one attached hydrogen (secondary N) is 1. The van der Waals surface area contributed by atoms with Crippen molar-refractivity contribution in [2.45, 2.75) is 304 Å². The number of hydrogen-bond acceptors (Lipinski definition) is 20. The van der Waals surface area contributed by atoms with Crippen LogP contribution in [-0.2, 0) is 33.3 Å². The summed E-state index contributed by atoms with van der Waals surface area (Å²) < 4.78 is 46.0. The first-order valence-corrected chi connectivity index (χ1v) is 30.4. The molecular weight excluding hydrogens is 1090 g/mol. The van der Waals surface area contributed by atoms with Crippen LogP contribution in [-0.4, -0.2) is 215 Å². The van der Waals surface area contributed by atoms with Crippen molar-refractivity contribution < 1.29 is 134 Å². The van der Waals surface area contributed by atoms with E-state index in [4.69, 9.17) is 23.7 Å². The number of amides is 1. The summed E-state index contributed by atoms with van der Waals surface area (Å²) in [5.41, 5.74) is -3.31. The molecule has 3 rings (SSSR count). The Labute approximate surface area is 507 Å². The Morgan fingerprint density at radius 1 is 0.720 bits per heavy atom. The SMILES string of the molecule is CCCCCCCCCCCCC/C=C/[C@@H](O)[C@@H](CO[C@@H]1O[C@H](CO)[C@@H](O[C@@H]2O[C@H](CO)[C@H](O)[C@H]([C@@H](F)[C@]3(C(=O)O)C[C@H](O)[C@@H](N=C(C)[O-])[C@H]([C@H](O)[C@H](O)CO)O3)[C@H]2O)[C@H](O)[C@H]1O)NC(=O)CCCCCCCCCCCCCCC.[Na+]. The Morgan fingerprint density at radius 2 is 1.22 bits per heavy atom. The number of aliphatic carboxylic acids is 1. The van der Waals surface area contributed by atoms with E-state index in [9.17, 15) is 76.0 Å². The summed E-state index contributed by atoms with van der Waals surface area (Å²) in [4.78, 5) is 30.0. The van der Waals surface area contributed by atoms with E-state index in [-0.39, 0.29) is 41.9 Å². The summed E-state index contributed by atoms with van der Waals surface area (Å²) in [5, 5.41) is 145. The molecule has 3 aliphatic rings. The summed E-state index contributed by atoms with van der Waals surface area (Å²) in [5.74, 6) is -5.79. The summed E-state index contributed by atoms with van der Waals surface area (Å²) in [6.45, 7) is 1.73. The van der Waals surface area contributed by atoms with Gasteiger partial charge in [0.05, 0.1) is 56.7 Å². The number of ether oxygens (including phenoxy) is 5. The molecule has 0 saturated carbocycles. The van der Waals surface area contributed by atoms with Gasteiger partial charge in [-0.1, -0.05) is 167 Å². The molecule has 3 aliphatic heterocycles. The number of nitrogens with zero attached hydrogens (tertiary/aromatic N) is 1. The van der Waals surface area contributed by atoms with Gasteiger partial charge in [-0.2, -0.15) is 0 Å². The maximum atomic E-state index is 17.3. The van der Waals surface area contributed by atoms with Gasteiger partial charge < -0.3 is 95.4 Å². The number of alkyl halides is 1. The number of carboxylic acids is 1. The van der Waals surface area contributed by atoms with Crippen LogP contribution < -0.4 is 40.0 Å². The quantitative estimate of drug-likeness (QED) is 0.0122. The van der Waals surface area contributed by atoms with E-state index in [0.29, 0.717) is 12.8 Å². The van der Waals surface area contributed by atoms with E-state index in [2.05, 4.69) is 24.2 Å². The van der Waals surface area contributed by atoms with E-state index in [1.54, 1.807) is 6.08 Å². The van der Waals surface area contributed by atoms with Crippen molar-refractivity contribution in [1.29, 1.82) is 0 Å². The molecule has 0 aromatic carbocycles. The summed E-state index contributed by atoms with van der Waals surface area (Å²) >= 11 is 0. The van der Waals surface area contributed by atoms with Crippen LogP contribution in [0, 0.1) is 5.92 Å². The zero-order chi connectivity index (χ0) is 59.9. The third-order valence-corrected chi connectivity index (χ3v) is 16.0. The topological polar surface area (TPSA) is 371 Å². The molecule has 0 radical (unpaired) electrons. The van der Waals surface area contributed by atoms with Crippen LogP contribution in [0.3, 0.4) is 0 Å². The van der Waals surface area contributed by atoms with Gasteiger partial charge in [-0.05, 0) is 32.1 Å². The van der Waals surface area contributed by atoms with Gasteiger partial charge in [0.1, 0.15) is 67.1 Å². The molecule has 0 spiro atoms.